The molecule has 2 aromatic carbocycles. The van der Waals surface area contributed by atoms with Gasteiger partial charge in [-0.2, -0.15) is 0 Å². The first kappa shape index (κ1) is 17.4. The lowest BCUT2D eigenvalue weighted by atomic mass is 9.91. The number of carbonyl (C=O) groups excluding carboxylic acids is 1. The van der Waals surface area contributed by atoms with Crippen LogP contribution >= 0.6 is 0 Å². The maximum atomic E-state index is 13.9. The van der Waals surface area contributed by atoms with Crippen LogP contribution in [0.5, 0.6) is 0 Å². The summed E-state index contributed by atoms with van der Waals surface area (Å²) in [6.07, 6.45) is 7.85. The Morgan fingerprint density at radius 3 is 2.78 bits per heavy atom. The Labute approximate surface area is 155 Å². The number of allylic oxidation sites excluding steroid dienone is 3. The van der Waals surface area contributed by atoms with Gasteiger partial charge in [-0.05, 0) is 47.9 Å². The summed E-state index contributed by atoms with van der Waals surface area (Å²) in [5.74, 6) is -1.36. The second kappa shape index (κ2) is 6.93. The van der Waals surface area contributed by atoms with Gasteiger partial charge in [-0.1, -0.05) is 24.3 Å². The summed E-state index contributed by atoms with van der Waals surface area (Å²) in [6, 6.07) is 8.64. The molecule has 0 radical (unpaired) electrons. The van der Waals surface area contributed by atoms with E-state index in [-0.39, 0.29) is 17.6 Å². The number of carbonyl (C=O) groups is 1. The van der Waals surface area contributed by atoms with Crippen LogP contribution in [0.1, 0.15) is 15.9 Å². The number of rotatable bonds is 3. The minimum absolute atomic E-state index is 0.0559. The molecule has 0 fully saturated rings. The molecule has 0 spiro atoms. The van der Waals surface area contributed by atoms with Crippen molar-refractivity contribution in [2.75, 3.05) is 12.4 Å². The number of Topliss-reactive ketones (excluding diaryl/α,β-unsaturated/α-hetero) is 1. The lowest BCUT2D eigenvalue weighted by Crippen LogP contribution is -2.18. The highest BCUT2D eigenvalue weighted by Crippen LogP contribution is 2.32. The first-order valence-electron chi connectivity index (χ1n) is 8.58. The number of ether oxygens (including phenoxy) is 1. The quantitative estimate of drug-likeness (QED) is 0.842. The van der Waals surface area contributed by atoms with E-state index >= 15 is 0 Å². The van der Waals surface area contributed by atoms with Gasteiger partial charge in [0.05, 0.1) is 5.69 Å². The number of anilines is 2. The molecular formula is C22H17F2NO2. The molecule has 1 unspecified atom stereocenters. The van der Waals surface area contributed by atoms with Crippen molar-refractivity contribution >= 4 is 17.2 Å². The van der Waals surface area contributed by atoms with E-state index in [1.165, 1.54) is 12.1 Å². The molecule has 136 valence electrons. The molecule has 5 heteroatoms. The van der Waals surface area contributed by atoms with Crippen LogP contribution in [0, 0.1) is 11.6 Å². The van der Waals surface area contributed by atoms with Crippen molar-refractivity contribution in [3.05, 3.63) is 94.6 Å². The Hall–Kier alpha value is -3.05. The minimum Gasteiger partial charge on any atom is -0.373 e. The second-order valence-electron chi connectivity index (χ2n) is 6.44. The van der Waals surface area contributed by atoms with Crippen molar-refractivity contribution in [3.63, 3.8) is 0 Å². The Morgan fingerprint density at radius 2 is 2.00 bits per heavy atom. The van der Waals surface area contributed by atoms with Gasteiger partial charge in [0.25, 0.3) is 0 Å². The number of hydrogen-bond acceptors (Lipinski definition) is 3. The van der Waals surface area contributed by atoms with Gasteiger partial charge in [0.2, 0.25) is 0 Å². The molecule has 0 aliphatic heterocycles. The minimum atomic E-state index is -0.673. The van der Waals surface area contributed by atoms with E-state index in [1.807, 2.05) is 24.3 Å². The van der Waals surface area contributed by atoms with Crippen LogP contribution in [0.15, 0.2) is 71.8 Å². The van der Waals surface area contributed by atoms with Gasteiger partial charge >= 0.3 is 0 Å². The number of nitrogens with one attached hydrogen (secondary N) is 1. The third-order valence-electron chi connectivity index (χ3n) is 4.77. The fourth-order valence-corrected chi connectivity index (χ4v) is 3.42. The zero-order chi connectivity index (χ0) is 19.0. The summed E-state index contributed by atoms with van der Waals surface area (Å²) in [5, 5.41) is 2.94. The molecule has 0 saturated carbocycles. The fourth-order valence-electron chi connectivity index (χ4n) is 3.42. The number of fused-ring (bicyclic) bond motifs is 2. The van der Waals surface area contributed by atoms with Crippen LogP contribution in [0.3, 0.4) is 0 Å². The zero-order valence-electron chi connectivity index (χ0n) is 14.6. The molecule has 2 aliphatic rings. The van der Waals surface area contributed by atoms with Crippen molar-refractivity contribution in [2.45, 2.75) is 12.5 Å². The van der Waals surface area contributed by atoms with E-state index in [2.05, 4.69) is 5.32 Å². The number of ketones is 1. The topological polar surface area (TPSA) is 38.3 Å². The molecule has 27 heavy (non-hydrogen) atoms. The van der Waals surface area contributed by atoms with Crippen LogP contribution in [0.2, 0.25) is 0 Å². The van der Waals surface area contributed by atoms with Gasteiger partial charge in [0, 0.05) is 30.0 Å². The number of halogens is 2. The molecule has 2 aromatic rings. The van der Waals surface area contributed by atoms with Gasteiger partial charge in [0.15, 0.2) is 5.78 Å². The van der Waals surface area contributed by atoms with Gasteiger partial charge in [0.1, 0.15) is 17.7 Å². The van der Waals surface area contributed by atoms with E-state index < -0.39 is 11.6 Å². The van der Waals surface area contributed by atoms with E-state index in [0.29, 0.717) is 23.2 Å². The summed E-state index contributed by atoms with van der Waals surface area (Å²) in [6.45, 7) is 0. The number of benzene rings is 2. The highest BCUT2D eigenvalue weighted by Gasteiger charge is 2.27. The largest absolute Gasteiger partial charge is 0.373 e. The molecule has 0 amide bonds. The molecule has 3 nitrogen and oxygen atoms in total. The molecule has 0 heterocycles. The van der Waals surface area contributed by atoms with Crippen molar-refractivity contribution in [1.29, 1.82) is 0 Å². The monoisotopic (exact) mass is 365 g/mol. The molecule has 0 bridgehead atoms. The summed E-state index contributed by atoms with van der Waals surface area (Å²) < 4.78 is 32.4. The van der Waals surface area contributed by atoms with E-state index in [1.54, 1.807) is 25.3 Å². The van der Waals surface area contributed by atoms with Gasteiger partial charge in [-0.3, -0.25) is 4.79 Å². The molecule has 2 aliphatic carbocycles. The maximum Gasteiger partial charge on any atom is 0.193 e. The first-order chi connectivity index (χ1) is 13.1. The predicted octanol–water partition coefficient (Wildman–Crippen LogP) is 4.88. The van der Waals surface area contributed by atoms with E-state index in [9.17, 15) is 13.6 Å². The van der Waals surface area contributed by atoms with Gasteiger partial charge in [-0.15, -0.1) is 0 Å². The highest BCUT2D eigenvalue weighted by molar-refractivity contribution is 6.13. The molecule has 0 aromatic heterocycles. The second-order valence-corrected chi connectivity index (χ2v) is 6.44. The number of hydrogen-bond donors (Lipinski definition) is 1. The van der Waals surface area contributed by atoms with Crippen LogP contribution < -0.4 is 5.32 Å². The summed E-state index contributed by atoms with van der Waals surface area (Å²) in [7, 11) is 1.61. The average Bonchev–Trinajstić information content (AvgIpc) is 2.81. The normalized spacial score (nSPS) is 18.2. The molecule has 1 N–H and O–H groups in total. The molecule has 4 rings (SSSR count). The Morgan fingerprint density at radius 1 is 1.15 bits per heavy atom. The SMILES string of the molecule is COC1C=CC=C2C(=O)c3ccc(Nc4ccc(F)cc4F)cc3CC=C21. The molecule has 0 saturated heterocycles. The van der Waals surface area contributed by atoms with Crippen molar-refractivity contribution in [1.82, 2.24) is 0 Å². The Bertz CT molecular complexity index is 1020. The first-order valence-corrected chi connectivity index (χ1v) is 8.58. The van der Waals surface area contributed by atoms with E-state index in [0.717, 1.165) is 17.2 Å². The zero-order valence-corrected chi connectivity index (χ0v) is 14.6. The maximum absolute atomic E-state index is 13.9. The van der Waals surface area contributed by atoms with E-state index in [4.69, 9.17) is 4.74 Å². The third-order valence-corrected chi connectivity index (χ3v) is 4.77. The highest BCUT2D eigenvalue weighted by atomic mass is 19.1. The standard InChI is InChI=1S/C22H17F2NO2/c1-27-21-4-2-3-18-17(21)8-5-13-11-15(7-9-16(13)22(18)26)25-20-10-6-14(23)12-19(20)24/h2-4,6-12,21,25H,5H2,1H3. The molecular weight excluding hydrogens is 348 g/mol. The van der Waals surface area contributed by atoms with Crippen molar-refractivity contribution in [3.8, 4) is 0 Å². The molecule has 1 atom stereocenters. The van der Waals surface area contributed by atoms with Crippen molar-refractivity contribution < 1.29 is 18.3 Å². The smallest absolute Gasteiger partial charge is 0.193 e. The van der Waals surface area contributed by atoms with Crippen LogP contribution in [-0.2, 0) is 11.2 Å². The van der Waals surface area contributed by atoms with Crippen LogP contribution in [0.4, 0.5) is 20.2 Å². The summed E-state index contributed by atoms with van der Waals surface area (Å²) in [4.78, 5) is 13.0. The lowest BCUT2D eigenvalue weighted by molar-refractivity contribution is 0.102. The predicted molar refractivity (Wildman–Crippen MR) is 100 cm³/mol. The van der Waals surface area contributed by atoms with Crippen LogP contribution in [-0.4, -0.2) is 19.0 Å². The summed E-state index contributed by atoms with van der Waals surface area (Å²) in [5.41, 5.74) is 3.75. The van der Waals surface area contributed by atoms with Gasteiger partial charge < -0.3 is 10.1 Å². The van der Waals surface area contributed by atoms with Crippen LogP contribution in [0.25, 0.3) is 0 Å². The Kier molecular flexibility index (Phi) is 4.46. The fraction of sp³-hybridized carbons (Fsp3) is 0.136. The van der Waals surface area contributed by atoms with Gasteiger partial charge in [-0.25, -0.2) is 8.78 Å². The number of methoxy groups -OCH3 is 1. The third kappa shape index (κ3) is 3.22. The van der Waals surface area contributed by atoms with Crippen molar-refractivity contribution in [2.24, 2.45) is 0 Å². The Balaban J connectivity index is 1.68. The summed E-state index contributed by atoms with van der Waals surface area (Å²) >= 11 is 0. The lowest BCUT2D eigenvalue weighted by Gasteiger charge is -2.19. The average molecular weight is 365 g/mol.